The molecule has 2 aliphatic heterocycles. The highest BCUT2D eigenvalue weighted by atomic mass is 127. The average molecular weight is 822 g/mol. The second-order valence-corrected chi connectivity index (χ2v) is 14.5. The molecule has 13 nitrogen and oxygen atoms in total. The fraction of sp³-hybridized carbons (Fsp3) is 0.447. The van der Waals surface area contributed by atoms with Crippen LogP contribution in [0.5, 0.6) is 0 Å². The monoisotopic (exact) mass is 821 g/mol. The van der Waals surface area contributed by atoms with Gasteiger partial charge in [-0.05, 0) is 63.3 Å². The highest BCUT2D eigenvalue weighted by molar-refractivity contribution is 14.1. The summed E-state index contributed by atoms with van der Waals surface area (Å²) < 4.78 is 12.3. The van der Waals surface area contributed by atoms with E-state index in [9.17, 15) is 19.5 Å². The fourth-order valence-electron chi connectivity index (χ4n) is 6.62. The third-order valence-electron chi connectivity index (χ3n) is 9.59. The van der Waals surface area contributed by atoms with Crippen molar-refractivity contribution in [1.29, 1.82) is 0 Å². The molecule has 0 radical (unpaired) electrons. The Hall–Kier alpha value is -4.44. The number of piperidine rings is 1. The van der Waals surface area contributed by atoms with E-state index >= 15 is 0 Å². The number of benzene rings is 2. The number of Topliss-reactive ketones (excluding diaryl/α,β-unsaturated/α-hetero) is 1. The number of rotatable bonds is 16. The van der Waals surface area contributed by atoms with Gasteiger partial charge in [0.15, 0.2) is 0 Å². The Kier molecular flexibility index (Phi) is 12.1. The van der Waals surface area contributed by atoms with Gasteiger partial charge >= 0.3 is 5.97 Å². The Morgan fingerprint density at radius 1 is 1.02 bits per heavy atom. The van der Waals surface area contributed by atoms with Gasteiger partial charge < -0.3 is 29.8 Å². The molecule has 14 heteroatoms. The Morgan fingerprint density at radius 2 is 1.77 bits per heavy atom. The maximum Gasteiger partial charge on any atom is 0.339 e. The van der Waals surface area contributed by atoms with Crippen molar-refractivity contribution in [3.05, 3.63) is 77.3 Å². The van der Waals surface area contributed by atoms with E-state index in [1.54, 1.807) is 18.3 Å². The van der Waals surface area contributed by atoms with Gasteiger partial charge in [0.2, 0.25) is 17.7 Å². The van der Waals surface area contributed by atoms with E-state index in [4.69, 9.17) is 14.1 Å². The number of esters is 1. The number of carbonyl (C=O) groups is 3. The first-order valence-corrected chi connectivity index (χ1v) is 19.3. The molecular formula is C38H44IN7O6. The van der Waals surface area contributed by atoms with Crippen LogP contribution in [0.3, 0.4) is 0 Å². The first kappa shape index (κ1) is 37.3. The predicted octanol–water partition coefficient (Wildman–Crippen LogP) is 6.87. The molecule has 274 valence electrons. The molecule has 52 heavy (non-hydrogen) atoms. The van der Waals surface area contributed by atoms with Crippen LogP contribution in [0.2, 0.25) is 0 Å². The number of aliphatic hydroxyl groups is 1. The van der Waals surface area contributed by atoms with Crippen molar-refractivity contribution in [1.82, 2.24) is 25.1 Å². The van der Waals surface area contributed by atoms with E-state index in [0.29, 0.717) is 71.7 Å². The third kappa shape index (κ3) is 8.95. The quantitative estimate of drug-likeness (QED) is 0.0464. The summed E-state index contributed by atoms with van der Waals surface area (Å²) in [4.78, 5) is 47.9. The van der Waals surface area contributed by atoms with Gasteiger partial charge in [-0.25, -0.2) is 9.78 Å². The smallest absolute Gasteiger partial charge is 0.339 e. The van der Waals surface area contributed by atoms with E-state index in [-0.39, 0.29) is 42.0 Å². The lowest BCUT2D eigenvalue weighted by Crippen LogP contribution is -2.37. The normalized spacial score (nSPS) is 15.9. The van der Waals surface area contributed by atoms with Crippen LogP contribution in [0.1, 0.15) is 105 Å². The molecule has 2 aliphatic rings. The Morgan fingerprint density at radius 3 is 2.50 bits per heavy atom. The Bertz CT molecular complexity index is 1880. The number of likely N-dealkylation sites (tertiary alicyclic amines) is 1. The van der Waals surface area contributed by atoms with Crippen molar-refractivity contribution < 1.29 is 28.6 Å². The van der Waals surface area contributed by atoms with Crippen LogP contribution < -0.4 is 10.6 Å². The minimum Gasteiger partial charge on any atom is -0.451 e. The number of amides is 1. The number of fused-ring (bicyclic) bond motifs is 1. The van der Waals surface area contributed by atoms with Crippen LogP contribution in [-0.2, 0) is 19.9 Å². The first-order chi connectivity index (χ1) is 25.1. The van der Waals surface area contributed by atoms with Crippen LogP contribution in [0.4, 0.5) is 17.5 Å². The largest absolute Gasteiger partial charge is 0.451 e. The Balaban J connectivity index is 1.14. The number of hydrogen-bond acceptors (Lipinski definition) is 12. The fourth-order valence-corrected chi connectivity index (χ4v) is 7.00. The van der Waals surface area contributed by atoms with Crippen molar-refractivity contribution in [2.45, 2.75) is 82.8 Å². The lowest BCUT2D eigenvalue weighted by Gasteiger charge is -2.30. The standard InChI is InChI=1S/C38H44IN7O6/c1-38(2)30-20-26(14-15-28(30)36(50)52-38)41-37-40-22-29(33(43-37)42-31(23-47)24-10-6-5-7-11-24)35-45-44-34(51-35)25-16-18-46(19-17-25)32(49)13-9-4-3-8-12-27(48)21-39/h5-7,10-11,14-15,20,22,25,31,47H,3-4,8-9,12-13,16-19,21,23H2,1-2H3,(H2,40,41,42,43)/t31-/m1/s1. The van der Waals surface area contributed by atoms with Gasteiger partial charge in [0, 0.05) is 49.3 Å². The number of alkyl halides is 1. The van der Waals surface area contributed by atoms with Gasteiger partial charge in [-0.2, -0.15) is 4.98 Å². The molecule has 0 aliphatic carbocycles. The van der Waals surface area contributed by atoms with Crippen LogP contribution >= 0.6 is 22.6 Å². The number of ketones is 1. The van der Waals surface area contributed by atoms with E-state index < -0.39 is 11.6 Å². The highest BCUT2D eigenvalue weighted by Gasteiger charge is 2.38. The molecule has 2 aromatic heterocycles. The van der Waals surface area contributed by atoms with Gasteiger partial charge in [-0.3, -0.25) is 9.59 Å². The molecule has 0 spiro atoms. The van der Waals surface area contributed by atoms with Crippen LogP contribution in [0, 0.1) is 0 Å². The topological polar surface area (TPSA) is 173 Å². The molecule has 1 atom stereocenters. The number of nitrogens with one attached hydrogen (secondary N) is 2. The Labute approximate surface area is 316 Å². The zero-order valence-corrected chi connectivity index (χ0v) is 31.6. The highest BCUT2D eigenvalue weighted by Crippen LogP contribution is 2.38. The zero-order chi connectivity index (χ0) is 36.7. The summed E-state index contributed by atoms with van der Waals surface area (Å²) in [5, 5.41) is 25.7. The maximum atomic E-state index is 12.9. The predicted molar refractivity (Wildman–Crippen MR) is 204 cm³/mol. The molecule has 1 saturated heterocycles. The van der Waals surface area contributed by atoms with E-state index in [1.165, 1.54) is 0 Å². The van der Waals surface area contributed by atoms with Crippen molar-refractivity contribution in [2.75, 3.05) is 34.8 Å². The summed E-state index contributed by atoms with van der Waals surface area (Å²) >= 11 is 2.10. The molecule has 3 N–H and O–H groups in total. The molecule has 1 amide bonds. The molecule has 0 unspecified atom stereocenters. The summed E-state index contributed by atoms with van der Waals surface area (Å²) in [6, 6.07) is 14.4. The first-order valence-electron chi connectivity index (χ1n) is 17.8. The lowest BCUT2D eigenvalue weighted by molar-refractivity contribution is -0.132. The second kappa shape index (κ2) is 16.9. The number of carbonyl (C=O) groups excluding carboxylic acids is 3. The summed E-state index contributed by atoms with van der Waals surface area (Å²) in [5.74, 6) is 1.50. The van der Waals surface area contributed by atoms with Crippen molar-refractivity contribution in [2.24, 2.45) is 0 Å². The van der Waals surface area contributed by atoms with Gasteiger partial charge in [0.05, 0.1) is 28.2 Å². The van der Waals surface area contributed by atoms with E-state index in [0.717, 1.165) is 36.8 Å². The number of halogens is 1. The molecule has 0 bridgehead atoms. The van der Waals surface area contributed by atoms with Crippen molar-refractivity contribution in [3.8, 4) is 11.5 Å². The molecule has 0 saturated carbocycles. The number of aromatic nitrogens is 4. The van der Waals surface area contributed by atoms with Gasteiger partial charge in [0.1, 0.15) is 17.2 Å². The SMILES string of the molecule is CC1(C)OC(=O)c2ccc(Nc3ncc(-c4nnc(C5CCN(C(=O)CCCCCCC(=O)CI)CC5)o4)c(N[C@H](CO)c4ccccc4)n3)cc21. The lowest BCUT2D eigenvalue weighted by atomic mass is 9.95. The summed E-state index contributed by atoms with van der Waals surface area (Å²) in [5.41, 5.74) is 2.55. The minimum atomic E-state index is -0.759. The number of unbranched alkanes of at least 4 members (excludes halogenated alkanes) is 3. The summed E-state index contributed by atoms with van der Waals surface area (Å²) in [6.45, 7) is 4.74. The summed E-state index contributed by atoms with van der Waals surface area (Å²) in [6.07, 6.45) is 7.82. The van der Waals surface area contributed by atoms with Crippen LogP contribution in [0.15, 0.2) is 59.1 Å². The molecule has 4 aromatic rings. The van der Waals surface area contributed by atoms with Gasteiger partial charge in [-0.1, -0.05) is 65.8 Å². The number of ether oxygens (including phenoxy) is 1. The van der Waals surface area contributed by atoms with E-state index in [1.807, 2.05) is 55.1 Å². The minimum absolute atomic E-state index is 0.00781. The molecule has 6 rings (SSSR count). The molecule has 2 aromatic carbocycles. The van der Waals surface area contributed by atoms with Crippen LogP contribution in [0.25, 0.3) is 11.5 Å². The van der Waals surface area contributed by atoms with Gasteiger partial charge in [-0.15, -0.1) is 10.2 Å². The zero-order valence-electron chi connectivity index (χ0n) is 29.4. The summed E-state index contributed by atoms with van der Waals surface area (Å²) in [7, 11) is 0. The second-order valence-electron chi connectivity index (χ2n) is 13.7. The number of hydrogen-bond donors (Lipinski definition) is 3. The van der Waals surface area contributed by atoms with Crippen molar-refractivity contribution >= 4 is 57.7 Å². The van der Waals surface area contributed by atoms with Crippen molar-refractivity contribution in [3.63, 3.8) is 0 Å². The average Bonchev–Trinajstić information content (AvgIpc) is 3.73. The van der Waals surface area contributed by atoms with Gasteiger partial charge in [0.25, 0.3) is 5.89 Å². The number of anilines is 3. The van der Waals surface area contributed by atoms with E-state index in [2.05, 4.69) is 48.4 Å². The molecule has 4 heterocycles. The molecular weight excluding hydrogens is 777 g/mol. The number of aliphatic hydroxyl groups excluding tert-OH is 1. The third-order valence-corrected chi connectivity index (χ3v) is 10.4. The molecule has 1 fully saturated rings. The number of nitrogens with zero attached hydrogens (tertiary/aromatic N) is 5. The van der Waals surface area contributed by atoms with Crippen LogP contribution in [-0.4, -0.2) is 72.0 Å². The maximum absolute atomic E-state index is 12.9. The number of cyclic esters (lactones) is 1.